The zero-order valence-corrected chi connectivity index (χ0v) is 10.3. The van der Waals surface area contributed by atoms with Gasteiger partial charge in [0.1, 0.15) is 7.05 Å². The van der Waals surface area contributed by atoms with Crippen LogP contribution in [0.1, 0.15) is 25.0 Å². The Hall–Kier alpha value is -1.37. The van der Waals surface area contributed by atoms with E-state index in [1.807, 2.05) is 0 Å². The van der Waals surface area contributed by atoms with Crippen molar-refractivity contribution in [1.29, 1.82) is 0 Å². The third-order valence-corrected chi connectivity index (χ3v) is 2.64. The first-order valence-electron chi connectivity index (χ1n) is 5.33. The van der Waals surface area contributed by atoms with E-state index in [1.54, 1.807) is 0 Å². The second kappa shape index (κ2) is 4.92. The molecule has 1 aromatic rings. The van der Waals surface area contributed by atoms with E-state index in [1.165, 1.54) is 22.4 Å². The van der Waals surface area contributed by atoms with Crippen molar-refractivity contribution in [2.24, 2.45) is 0 Å². The summed E-state index contributed by atoms with van der Waals surface area (Å²) in [5.41, 5.74) is 5.22. The van der Waals surface area contributed by atoms with Gasteiger partial charge in [-0.15, -0.1) is 0 Å². The Bertz CT molecular complexity index is 391. The third-order valence-electron chi connectivity index (χ3n) is 2.64. The molecule has 1 nitrogen and oxygen atoms in total. The summed E-state index contributed by atoms with van der Waals surface area (Å²) in [6.07, 6.45) is 4.28. The van der Waals surface area contributed by atoms with Gasteiger partial charge in [0.2, 0.25) is 5.69 Å². The van der Waals surface area contributed by atoms with E-state index < -0.39 is 0 Å². The fraction of sp³-hybridized carbons (Fsp3) is 0.357. The standard InChI is InChI=1S/C14H20N/c1-6-11(2)10-15(5)14-12(3)8-7-9-13(14)4/h6-10H,1-5H3/q+1/b11-6+,15-10?. The minimum Gasteiger partial charge on any atom is -0.201 e. The molecule has 0 heterocycles. The minimum absolute atomic E-state index is 1.28. The molecular formula is C14H20N+. The van der Waals surface area contributed by atoms with Crippen molar-refractivity contribution in [2.75, 3.05) is 7.05 Å². The third kappa shape index (κ3) is 2.79. The molecule has 0 saturated carbocycles. The Kier molecular flexibility index (Phi) is 3.84. The predicted molar refractivity (Wildman–Crippen MR) is 67.3 cm³/mol. The highest BCUT2D eigenvalue weighted by Gasteiger charge is 2.10. The Morgan fingerprint density at radius 3 is 2.20 bits per heavy atom. The maximum atomic E-state index is 2.19. The molecule has 15 heavy (non-hydrogen) atoms. The number of hydrogen-bond acceptors (Lipinski definition) is 0. The van der Waals surface area contributed by atoms with Crippen molar-refractivity contribution < 1.29 is 4.58 Å². The smallest absolute Gasteiger partial charge is 0.201 e. The monoisotopic (exact) mass is 202 g/mol. The Morgan fingerprint density at radius 1 is 1.20 bits per heavy atom. The van der Waals surface area contributed by atoms with Gasteiger partial charge >= 0.3 is 0 Å². The molecule has 0 radical (unpaired) electrons. The zero-order valence-electron chi connectivity index (χ0n) is 10.3. The molecule has 0 atom stereocenters. The maximum absolute atomic E-state index is 2.19. The highest BCUT2D eigenvalue weighted by atomic mass is 15.0. The second-order valence-corrected chi connectivity index (χ2v) is 4.01. The molecule has 80 valence electrons. The number of para-hydroxylation sites is 1. The number of rotatable bonds is 2. The molecule has 1 rings (SSSR count). The van der Waals surface area contributed by atoms with Crippen LogP contribution in [0.5, 0.6) is 0 Å². The van der Waals surface area contributed by atoms with Gasteiger partial charge in [-0.1, -0.05) is 24.3 Å². The van der Waals surface area contributed by atoms with Crippen molar-refractivity contribution in [1.82, 2.24) is 0 Å². The van der Waals surface area contributed by atoms with E-state index >= 15 is 0 Å². The molecule has 0 bridgehead atoms. The number of nitrogens with zero attached hydrogens (tertiary/aromatic N) is 1. The molecule has 1 heteroatoms. The lowest BCUT2D eigenvalue weighted by atomic mass is 10.1. The lowest BCUT2D eigenvalue weighted by Crippen LogP contribution is -2.04. The molecule has 0 spiro atoms. The van der Waals surface area contributed by atoms with Crippen molar-refractivity contribution in [2.45, 2.75) is 27.7 Å². The minimum atomic E-state index is 1.28. The molecular weight excluding hydrogens is 182 g/mol. The molecule has 0 amide bonds. The quantitative estimate of drug-likeness (QED) is 0.509. The number of aryl methyl sites for hydroxylation is 2. The van der Waals surface area contributed by atoms with Gasteiger partial charge in [-0.3, -0.25) is 0 Å². The number of allylic oxidation sites excluding steroid dienone is 2. The Morgan fingerprint density at radius 2 is 1.73 bits per heavy atom. The maximum Gasteiger partial charge on any atom is 0.210 e. The van der Waals surface area contributed by atoms with Gasteiger partial charge < -0.3 is 0 Å². The molecule has 0 aliphatic heterocycles. The van der Waals surface area contributed by atoms with Crippen LogP contribution in [0.25, 0.3) is 0 Å². The highest BCUT2D eigenvalue weighted by molar-refractivity contribution is 5.74. The summed E-state index contributed by atoms with van der Waals surface area (Å²) in [6.45, 7) is 8.48. The molecule has 0 saturated heterocycles. The van der Waals surface area contributed by atoms with Gasteiger partial charge in [-0.2, -0.15) is 0 Å². The lowest BCUT2D eigenvalue weighted by Gasteiger charge is -2.04. The average Bonchev–Trinajstić information content (AvgIpc) is 2.17. The zero-order chi connectivity index (χ0) is 11.4. The summed E-state index contributed by atoms with van der Waals surface area (Å²) in [5.74, 6) is 0. The molecule has 0 fully saturated rings. The first-order valence-corrected chi connectivity index (χ1v) is 5.33. The summed E-state index contributed by atoms with van der Waals surface area (Å²) in [5, 5.41) is 0. The van der Waals surface area contributed by atoms with Crippen molar-refractivity contribution >= 4 is 11.9 Å². The molecule has 1 aromatic carbocycles. The first-order chi connectivity index (χ1) is 7.06. The lowest BCUT2D eigenvalue weighted by molar-refractivity contribution is -0.400. The van der Waals surface area contributed by atoms with E-state index in [0.717, 1.165) is 0 Å². The molecule has 0 aromatic heterocycles. The van der Waals surface area contributed by atoms with Gasteiger partial charge in [-0.05, 0) is 27.7 Å². The van der Waals surface area contributed by atoms with Crippen LogP contribution in [0.4, 0.5) is 5.69 Å². The van der Waals surface area contributed by atoms with Crippen LogP contribution in [0.2, 0.25) is 0 Å². The van der Waals surface area contributed by atoms with Gasteiger partial charge in [0.25, 0.3) is 0 Å². The topological polar surface area (TPSA) is 3.01 Å². The van der Waals surface area contributed by atoms with Crippen LogP contribution < -0.4 is 0 Å². The van der Waals surface area contributed by atoms with Crippen LogP contribution >= 0.6 is 0 Å². The largest absolute Gasteiger partial charge is 0.210 e. The van der Waals surface area contributed by atoms with Crippen molar-refractivity contribution in [3.8, 4) is 0 Å². The van der Waals surface area contributed by atoms with Gasteiger partial charge in [-0.25, -0.2) is 4.58 Å². The average molecular weight is 202 g/mol. The van der Waals surface area contributed by atoms with Crippen LogP contribution in [0, 0.1) is 13.8 Å². The molecule has 0 aliphatic rings. The van der Waals surface area contributed by atoms with Gasteiger partial charge in [0, 0.05) is 16.7 Å². The van der Waals surface area contributed by atoms with E-state index in [4.69, 9.17) is 0 Å². The summed E-state index contributed by atoms with van der Waals surface area (Å²) < 4.78 is 2.19. The second-order valence-electron chi connectivity index (χ2n) is 4.01. The van der Waals surface area contributed by atoms with Crippen LogP contribution in [0.3, 0.4) is 0 Å². The predicted octanol–water partition coefficient (Wildman–Crippen LogP) is 3.61. The fourth-order valence-electron chi connectivity index (χ4n) is 1.81. The van der Waals surface area contributed by atoms with Gasteiger partial charge in [0.15, 0.2) is 6.21 Å². The fourth-order valence-corrected chi connectivity index (χ4v) is 1.81. The highest BCUT2D eigenvalue weighted by Crippen LogP contribution is 2.21. The first kappa shape index (κ1) is 11.7. The van der Waals surface area contributed by atoms with E-state index in [9.17, 15) is 0 Å². The molecule has 0 unspecified atom stereocenters. The number of benzene rings is 1. The molecule has 0 N–H and O–H groups in total. The summed E-state index contributed by atoms with van der Waals surface area (Å²) in [6, 6.07) is 6.40. The van der Waals surface area contributed by atoms with Crippen molar-refractivity contribution in [3.05, 3.63) is 41.0 Å². The van der Waals surface area contributed by atoms with E-state index in [-0.39, 0.29) is 0 Å². The Balaban J connectivity index is 3.22. The van der Waals surface area contributed by atoms with Crippen LogP contribution in [-0.2, 0) is 0 Å². The normalized spacial score (nSPS) is 13.1. The SMILES string of the molecule is C/C=C(\C)C=[N+](C)c1c(C)cccc1C. The van der Waals surface area contributed by atoms with Crippen molar-refractivity contribution in [3.63, 3.8) is 0 Å². The number of hydrogen-bond donors (Lipinski definition) is 0. The van der Waals surface area contributed by atoms with Gasteiger partial charge in [0.05, 0.1) is 0 Å². The summed E-state index contributed by atoms with van der Waals surface area (Å²) in [7, 11) is 2.10. The summed E-state index contributed by atoms with van der Waals surface area (Å²) >= 11 is 0. The van der Waals surface area contributed by atoms with Crippen LogP contribution in [-0.4, -0.2) is 17.8 Å². The van der Waals surface area contributed by atoms with E-state index in [0.29, 0.717) is 0 Å². The molecule has 0 aliphatic carbocycles. The Labute approximate surface area is 92.8 Å². The van der Waals surface area contributed by atoms with Crippen LogP contribution in [0.15, 0.2) is 29.8 Å². The van der Waals surface area contributed by atoms with E-state index in [2.05, 4.69) is 69.8 Å². The summed E-state index contributed by atoms with van der Waals surface area (Å²) in [4.78, 5) is 0.